The summed E-state index contributed by atoms with van der Waals surface area (Å²) in [6.07, 6.45) is 1.86. The van der Waals surface area contributed by atoms with Gasteiger partial charge in [-0.1, -0.05) is 32.0 Å². The number of fused-ring (bicyclic) bond motifs is 4. The zero-order valence-corrected chi connectivity index (χ0v) is 19.8. The summed E-state index contributed by atoms with van der Waals surface area (Å²) in [7, 11) is 3.25. The summed E-state index contributed by atoms with van der Waals surface area (Å²) in [5.74, 6) is 1.92. The number of benzene rings is 2. The van der Waals surface area contributed by atoms with Gasteiger partial charge < -0.3 is 19.3 Å². The number of methoxy groups -OCH3 is 2. The van der Waals surface area contributed by atoms with Crippen LogP contribution in [0.25, 0.3) is 0 Å². The van der Waals surface area contributed by atoms with Crippen LogP contribution in [0.2, 0.25) is 0 Å². The lowest BCUT2D eigenvalue weighted by atomic mass is 9.75. The summed E-state index contributed by atoms with van der Waals surface area (Å²) in [5.41, 5.74) is 3.58. The number of piperidine rings is 1. The van der Waals surface area contributed by atoms with Crippen LogP contribution < -0.4 is 9.47 Å². The first-order chi connectivity index (χ1) is 15.9. The molecule has 5 rings (SSSR count). The van der Waals surface area contributed by atoms with Crippen LogP contribution in [0.4, 0.5) is 0 Å². The molecule has 33 heavy (non-hydrogen) atoms. The second kappa shape index (κ2) is 8.40. The standard InChI is InChI=1S/C27H32N2O4/c1-16-11-17(2)15-28(14-16)27(31)24-19-7-5-6-8-20(19)26(30)29-10-9-18-12-22(32-3)23(33-4)13-21(18)25(24)29/h5-8,12-13,16-17,24-25H,9-11,14-15H2,1-4H3/t16-,17+,24-,25-/m1/s1. The van der Waals surface area contributed by atoms with Crippen molar-refractivity contribution in [1.82, 2.24) is 9.80 Å². The Labute approximate surface area is 195 Å². The van der Waals surface area contributed by atoms with Crippen molar-refractivity contribution >= 4 is 11.8 Å². The van der Waals surface area contributed by atoms with Gasteiger partial charge in [0.25, 0.3) is 5.91 Å². The van der Waals surface area contributed by atoms with Crippen molar-refractivity contribution in [2.75, 3.05) is 33.9 Å². The highest BCUT2D eigenvalue weighted by Gasteiger charge is 2.48. The SMILES string of the molecule is COc1cc2c(cc1OC)[C@@H]1[C@H](C(=O)N3C[C@H](C)C[C@H](C)C3)c3ccccc3C(=O)N1CC2. The minimum absolute atomic E-state index is 0.000431. The van der Waals surface area contributed by atoms with Gasteiger partial charge in [-0.15, -0.1) is 0 Å². The predicted molar refractivity (Wildman–Crippen MR) is 126 cm³/mol. The highest BCUT2D eigenvalue weighted by molar-refractivity contribution is 6.01. The second-order valence-electron chi connectivity index (χ2n) is 9.85. The van der Waals surface area contributed by atoms with Crippen LogP contribution in [0.5, 0.6) is 11.5 Å². The third-order valence-corrected chi connectivity index (χ3v) is 7.47. The van der Waals surface area contributed by atoms with Crippen molar-refractivity contribution in [1.29, 1.82) is 0 Å². The van der Waals surface area contributed by atoms with Crippen LogP contribution in [-0.4, -0.2) is 55.5 Å². The Kier molecular flexibility index (Phi) is 5.55. The van der Waals surface area contributed by atoms with E-state index < -0.39 is 5.92 Å². The van der Waals surface area contributed by atoms with E-state index in [0.717, 1.165) is 42.6 Å². The summed E-state index contributed by atoms with van der Waals surface area (Å²) in [6, 6.07) is 11.3. The molecule has 3 aliphatic rings. The molecule has 2 aromatic rings. The van der Waals surface area contributed by atoms with E-state index in [-0.39, 0.29) is 17.9 Å². The Balaban J connectivity index is 1.66. The Morgan fingerprint density at radius 1 is 0.970 bits per heavy atom. The van der Waals surface area contributed by atoms with Gasteiger partial charge in [0.2, 0.25) is 5.91 Å². The van der Waals surface area contributed by atoms with Gasteiger partial charge in [-0.25, -0.2) is 0 Å². The summed E-state index contributed by atoms with van der Waals surface area (Å²) in [4.78, 5) is 31.6. The Morgan fingerprint density at radius 2 is 1.64 bits per heavy atom. The number of amides is 2. The highest BCUT2D eigenvalue weighted by atomic mass is 16.5. The molecule has 2 amide bonds. The number of likely N-dealkylation sites (tertiary alicyclic amines) is 1. The monoisotopic (exact) mass is 448 g/mol. The number of hydrogen-bond donors (Lipinski definition) is 0. The highest BCUT2D eigenvalue weighted by Crippen LogP contribution is 2.49. The van der Waals surface area contributed by atoms with Crippen molar-refractivity contribution in [3.05, 3.63) is 58.7 Å². The van der Waals surface area contributed by atoms with E-state index in [1.807, 2.05) is 46.2 Å². The lowest BCUT2D eigenvalue weighted by molar-refractivity contribution is -0.137. The Hall–Kier alpha value is -3.02. The van der Waals surface area contributed by atoms with E-state index in [9.17, 15) is 9.59 Å². The molecule has 0 saturated carbocycles. The first-order valence-corrected chi connectivity index (χ1v) is 11.9. The zero-order valence-electron chi connectivity index (χ0n) is 19.8. The molecule has 2 aromatic carbocycles. The van der Waals surface area contributed by atoms with E-state index >= 15 is 0 Å². The van der Waals surface area contributed by atoms with Gasteiger partial charge in [0.15, 0.2) is 11.5 Å². The summed E-state index contributed by atoms with van der Waals surface area (Å²) >= 11 is 0. The molecule has 174 valence electrons. The molecule has 6 nitrogen and oxygen atoms in total. The van der Waals surface area contributed by atoms with Gasteiger partial charge in [-0.05, 0) is 59.6 Å². The molecule has 6 heteroatoms. The molecule has 0 N–H and O–H groups in total. The number of ether oxygens (including phenoxy) is 2. The van der Waals surface area contributed by atoms with E-state index in [1.165, 1.54) is 0 Å². The number of nitrogens with zero attached hydrogens (tertiary/aromatic N) is 2. The largest absolute Gasteiger partial charge is 0.493 e. The molecule has 0 aliphatic carbocycles. The molecule has 4 atom stereocenters. The molecule has 3 heterocycles. The Bertz CT molecular complexity index is 1090. The number of carbonyl (C=O) groups is 2. The van der Waals surface area contributed by atoms with Crippen molar-refractivity contribution in [3.8, 4) is 11.5 Å². The lowest BCUT2D eigenvalue weighted by Gasteiger charge is -2.47. The average molecular weight is 449 g/mol. The second-order valence-corrected chi connectivity index (χ2v) is 9.85. The number of carbonyl (C=O) groups excluding carboxylic acids is 2. The average Bonchev–Trinajstić information content (AvgIpc) is 2.82. The molecule has 0 bridgehead atoms. The van der Waals surface area contributed by atoms with E-state index in [2.05, 4.69) is 13.8 Å². The molecule has 0 spiro atoms. The van der Waals surface area contributed by atoms with Crippen LogP contribution >= 0.6 is 0 Å². The third-order valence-electron chi connectivity index (χ3n) is 7.47. The fourth-order valence-electron chi connectivity index (χ4n) is 6.16. The molecular weight excluding hydrogens is 416 g/mol. The fourth-order valence-corrected chi connectivity index (χ4v) is 6.16. The molecule has 0 unspecified atom stereocenters. The van der Waals surface area contributed by atoms with E-state index in [0.29, 0.717) is 35.4 Å². The minimum atomic E-state index is -0.437. The normalized spacial score (nSPS) is 26.2. The maximum absolute atomic E-state index is 14.2. The number of hydrogen-bond acceptors (Lipinski definition) is 4. The Morgan fingerprint density at radius 3 is 2.33 bits per heavy atom. The van der Waals surface area contributed by atoms with E-state index in [1.54, 1.807) is 14.2 Å². The maximum atomic E-state index is 14.2. The first kappa shape index (κ1) is 21.8. The van der Waals surface area contributed by atoms with Crippen LogP contribution in [-0.2, 0) is 11.2 Å². The van der Waals surface area contributed by atoms with Gasteiger partial charge in [0.05, 0.1) is 26.2 Å². The smallest absolute Gasteiger partial charge is 0.254 e. The third kappa shape index (κ3) is 3.56. The van der Waals surface area contributed by atoms with Crippen LogP contribution in [0.15, 0.2) is 36.4 Å². The van der Waals surface area contributed by atoms with Crippen molar-refractivity contribution in [3.63, 3.8) is 0 Å². The summed E-state index contributed by atoms with van der Waals surface area (Å²) < 4.78 is 11.1. The van der Waals surface area contributed by atoms with Gasteiger partial charge in [0.1, 0.15) is 0 Å². The molecule has 1 saturated heterocycles. The summed E-state index contributed by atoms with van der Waals surface area (Å²) in [5, 5.41) is 0. The lowest BCUT2D eigenvalue weighted by Crippen LogP contribution is -2.52. The van der Waals surface area contributed by atoms with E-state index in [4.69, 9.17) is 9.47 Å². The van der Waals surface area contributed by atoms with Crippen LogP contribution in [0.3, 0.4) is 0 Å². The first-order valence-electron chi connectivity index (χ1n) is 11.9. The predicted octanol–water partition coefficient (Wildman–Crippen LogP) is 4.05. The van der Waals surface area contributed by atoms with Gasteiger partial charge in [0, 0.05) is 25.2 Å². The van der Waals surface area contributed by atoms with Crippen molar-refractivity contribution < 1.29 is 19.1 Å². The molecule has 0 aromatic heterocycles. The topological polar surface area (TPSA) is 59.1 Å². The van der Waals surface area contributed by atoms with Gasteiger partial charge in [-0.2, -0.15) is 0 Å². The summed E-state index contributed by atoms with van der Waals surface area (Å²) in [6.45, 7) is 6.54. The fraction of sp³-hybridized carbons (Fsp3) is 0.481. The van der Waals surface area contributed by atoms with Crippen LogP contribution in [0, 0.1) is 11.8 Å². The molecular formula is C27H32N2O4. The zero-order chi connectivity index (χ0) is 23.3. The minimum Gasteiger partial charge on any atom is -0.493 e. The molecule has 1 fully saturated rings. The van der Waals surface area contributed by atoms with Gasteiger partial charge in [-0.3, -0.25) is 9.59 Å². The maximum Gasteiger partial charge on any atom is 0.254 e. The van der Waals surface area contributed by atoms with Crippen LogP contribution in [0.1, 0.15) is 59.3 Å². The number of rotatable bonds is 3. The molecule has 0 radical (unpaired) electrons. The molecule has 3 aliphatic heterocycles. The van der Waals surface area contributed by atoms with Gasteiger partial charge >= 0.3 is 0 Å². The quantitative estimate of drug-likeness (QED) is 0.711. The van der Waals surface area contributed by atoms with Crippen molar-refractivity contribution in [2.24, 2.45) is 11.8 Å². The van der Waals surface area contributed by atoms with Crippen molar-refractivity contribution in [2.45, 2.75) is 38.6 Å².